The zero-order chi connectivity index (χ0) is 14.1. The van der Waals surface area contributed by atoms with Gasteiger partial charge in [-0.1, -0.05) is 30.3 Å². The molecule has 0 saturated carbocycles. The highest BCUT2D eigenvalue weighted by Crippen LogP contribution is 2.21. The van der Waals surface area contributed by atoms with Crippen molar-refractivity contribution in [3.8, 4) is 0 Å². The molecule has 0 aliphatic rings. The number of nitrogens with one attached hydrogen (secondary N) is 1. The molecule has 0 saturated heterocycles. The quantitative estimate of drug-likeness (QED) is 0.735. The van der Waals surface area contributed by atoms with Crippen LogP contribution in [0.15, 0.2) is 30.3 Å². The van der Waals surface area contributed by atoms with E-state index in [-0.39, 0.29) is 6.61 Å². The third kappa shape index (κ3) is 7.18. The van der Waals surface area contributed by atoms with Gasteiger partial charge in [0, 0.05) is 13.2 Å². The van der Waals surface area contributed by atoms with Gasteiger partial charge < -0.3 is 10.1 Å². The van der Waals surface area contributed by atoms with Crippen molar-refractivity contribution in [2.75, 3.05) is 26.8 Å². The van der Waals surface area contributed by atoms with E-state index in [1.165, 1.54) is 5.56 Å². The van der Waals surface area contributed by atoms with Crippen molar-refractivity contribution >= 4 is 0 Å². The number of rotatable bonds is 8. The first-order valence-electron chi connectivity index (χ1n) is 6.37. The lowest BCUT2D eigenvalue weighted by Gasteiger charge is -2.17. The third-order valence-corrected chi connectivity index (χ3v) is 2.83. The van der Waals surface area contributed by atoms with Gasteiger partial charge in [-0.3, -0.25) is 0 Å². The van der Waals surface area contributed by atoms with Crippen LogP contribution in [0.2, 0.25) is 0 Å². The Labute approximate surface area is 112 Å². The number of ether oxygens (including phenoxy) is 1. The van der Waals surface area contributed by atoms with Crippen LogP contribution in [0.25, 0.3) is 0 Å². The average molecular weight is 275 g/mol. The highest BCUT2D eigenvalue weighted by molar-refractivity contribution is 5.19. The largest absolute Gasteiger partial charge is 0.411 e. The van der Waals surface area contributed by atoms with Crippen LogP contribution in [0, 0.1) is 0 Å². The maximum atomic E-state index is 11.9. The van der Waals surface area contributed by atoms with Crippen molar-refractivity contribution in [3.05, 3.63) is 35.9 Å². The molecule has 1 aromatic carbocycles. The van der Waals surface area contributed by atoms with Crippen LogP contribution < -0.4 is 5.32 Å². The molecule has 19 heavy (non-hydrogen) atoms. The topological polar surface area (TPSA) is 21.3 Å². The van der Waals surface area contributed by atoms with Crippen molar-refractivity contribution in [2.45, 2.75) is 24.9 Å². The molecule has 1 rings (SSSR count). The smallest absolute Gasteiger partial charge is 0.372 e. The Morgan fingerprint density at radius 2 is 1.89 bits per heavy atom. The first-order valence-corrected chi connectivity index (χ1v) is 6.37. The fourth-order valence-corrected chi connectivity index (χ4v) is 1.98. The Bertz CT molecular complexity index is 340. The summed E-state index contributed by atoms with van der Waals surface area (Å²) in [6.45, 7) is -0.203. The van der Waals surface area contributed by atoms with Crippen LogP contribution in [0.1, 0.15) is 24.3 Å². The van der Waals surface area contributed by atoms with Gasteiger partial charge in [0.25, 0.3) is 0 Å². The molecule has 1 unspecified atom stereocenters. The molecule has 0 spiro atoms. The van der Waals surface area contributed by atoms with E-state index in [9.17, 15) is 13.2 Å². The van der Waals surface area contributed by atoms with Gasteiger partial charge in [0.1, 0.15) is 6.61 Å². The lowest BCUT2D eigenvalue weighted by molar-refractivity contribution is -0.174. The minimum Gasteiger partial charge on any atom is -0.372 e. The second kappa shape index (κ2) is 8.17. The van der Waals surface area contributed by atoms with Crippen molar-refractivity contribution in [3.63, 3.8) is 0 Å². The van der Waals surface area contributed by atoms with E-state index in [0.717, 1.165) is 13.0 Å². The Balaban J connectivity index is 2.31. The summed E-state index contributed by atoms with van der Waals surface area (Å²) in [7, 11) is 1.87. The van der Waals surface area contributed by atoms with E-state index in [1.54, 1.807) is 0 Å². The first kappa shape index (κ1) is 16.0. The van der Waals surface area contributed by atoms with E-state index in [2.05, 4.69) is 10.1 Å². The molecule has 0 bridgehead atoms. The summed E-state index contributed by atoms with van der Waals surface area (Å²) in [6.07, 6.45) is -2.80. The predicted molar refractivity (Wildman–Crippen MR) is 69.2 cm³/mol. The Kier molecular flexibility index (Phi) is 6.87. The van der Waals surface area contributed by atoms with Gasteiger partial charge in [-0.15, -0.1) is 0 Å². The van der Waals surface area contributed by atoms with E-state index in [4.69, 9.17) is 0 Å². The van der Waals surface area contributed by atoms with Crippen LogP contribution in [-0.4, -0.2) is 33.0 Å². The molecule has 1 N–H and O–H groups in total. The highest BCUT2D eigenvalue weighted by Gasteiger charge is 2.27. The second-order valence-electron chi connectivity index (χ2n) is 4.48. The summed E-state index contributed by atoms with van der Waals surface area (Å²) in [4.78, 5) is 0. The minimum atomic E-state index is -4.23. The van der Waals surface area contributed by atoms with Gasteiger partial charge in [-0.2, -0.15) is 13.2 Å². The maximum absolute atomic E-state index is 11.9. The number of benzene rings is 1. The number of halogens is 3. The second-order valence-corrected chi connectivity index (χ2v) is 4.48. The fourth-order valence-electron chi connectivity index (χ4n) is 1.98. The van der Waals surface area contributed by atoms with Crippen molar-refractivity contribution in [1.82, 2.24) is 5.32 Å². The molecule has 108 valence electrons. The molecular weight excluding hydrogens is 255 g/mol. The molecule has 0 aliphatic carbocycles. The minimum absolute atomic E-state index is 0.145. The van der Waals surface area contributed by atoms with Crippen molar-refractivity contribution in [1.29, 1.82) is 0 Å². The van der Waals surface area contributed by atoms with Gasteiger partial charge in [-0.25, -0.2) is 0 Å². The normalized spacial score (nSPS) is 13.5. The number of hydrogen-bond donors (Lipinski definition) is 1. The van der Waals surface area contributed by atoms with Crippen LogP contribution in [0.3, 0.4) is 0 Å². The standard InChI is InChI=1S/C14H20F3NO/c1-18-10-13(12-6-3-2-4-7-12)8-5-9-19-11-14(15,16)17/h2-4,6-7,13,18H,5,8-11H2,1H3. The molecular formula is C14H20F3NO. The van der Waals surface area contributed by atoms with E-state index >= 15 is 0 Å². The molecule has 0 heterocycles. The van der Waals surface area contributed by atoms with Gasteiger partial charge in [0.05, 0.1) is 0 Å². The third-order valence-electron chi connectivity index (χ3n) is 2.83. The summed E-state index contributed by atoms with van der Waals surface area (Å²) in [6, 6.07) is 9.97. The Morgan fingerprint density at radius 1 is 1.21 bits per heavy atom. The molecule has 1 aromatic rings. The van der Waals surface area contributed by atoms with Crippen molar-refractivity contribution < 1.29 is 17.9 Å². The highest BCUT2D eigenvalue weighted by atomic mass is 19.4. The summed E-state index contributed by atoms with van der Waals surface area (Å²) >= 11 is 0. The molecule has 0 radical (unpaired) electrons. The zero-order valence-corrected chi connectivity index (χ0v) is 11.0. The van der Waals surface area contributed by atoms with Gasteiger partial charge in [0.15, 0.2) is 0 Å². The van der Waals surface area contributed by atoms with Gasteiger partial charge in [0.2, 0.25) is 0 Å². The molecule has 0 aromatic heterocycles. The van der Waals surface area contributed by atoms with Crippen LogP contribution in [0.4, 0.5) is 13.2 Å². The number of likely N-dealkylation sites (N-methyl/N-ethyl adjacent to an activating group) is 1. The predicted octanol–water partition coefficient (Wildman–Crippen LogP) is 3.35. The zero-order valence-electron chi connectivity index (χ0n) is 11.0. The van der Waals surface area contributed by atoms with E-state index in [0.29, 0.717) is 12.3 Å². The molecule has 0 fully saturated rings. The molecule has 5 heteroatoms. The van der Waals surface area contributed by atoms with Gasteiger partial charge in [-0.05, 0) is 31.4 Å². The summed E-state index contributed by atoms with van der Waals surface area (Å²) < 4.78 is 40.3. The van der Waals surface area contributed by atoms with Gasteiger partial charge >= 0.3 is 6.18 Å². The summed E-state index contributed by atoms with van der Waals surface area (Å²) in [5, 5.41) is 3.11. The first-order chi connectivity index (χ1) is 9.03. The monoisotopic (exact) mass is 275 g/mol. The summed E-state index contributed by atoms with van der Waals surface area (Å²) in [5.41, 5.74) is 1.20. The van der Waals surface area contributed by atoms with Crippen molar-refractivity contribution in [2.24, 2.45) is 0 Å². The lowest BCUT2D eigenvalue weighted by Crippen LogP contribution is -2.19. The Morgan fingerprint density at radius 3 is 2.47 bits per heavy atom. The van der Waals surface area contributed by atoms with Crippen LogP contribution in [0.5, 0.6) is 0 Å². The molecule has 0 amide bonds. The van der Waals surface area contributed by atoms with E-state index < -0.39 is 12.8 Å². The summed E-state index contributed by atoms with van der Waals surface area (Å²) in [5.74, 6) is 0.306. The SMILES string of the molecule is CNCC(CCCOCC(F)(F)F)c1ccccc1. The number of alkyl halides is 3. The molecule has 0 aliphatic heterocycles. The van der Waals surface area contributed by atoms with E-state index in [1.807, 2.05) is 37.4 Å². The molecule has 1 atom stereocenters. The maximum Gasteiger partial charge on any atom is 0.411 e. The van der Waals surface area contributed by atoms with Crippen LogP contribution >= 0.6 is 0 Å². The lowest BCUT2D eigenvalue weighted by atomic mass is 9.94. The number of hydrogen-bond acceptors (Lipinski definition) is 2. The average Bonchev–Trinajstić information content (AvgIpc) is 2.37. The van der Waals surface area contributed by atoms with Crippen LogP contribution in [-0.2, 0) is 4.74 Å². The fraction of sp³-hybridized carbons (Fsp3) is 0.571. The Hall–Kier alpha value is -1.07. The molecule has 2 nitrogen and oxygen atoms in total.